The minimum Gasteiger partial charge on any atom is -0.206 e. The molecule has 0 aliphatic rings. The summed E-state index contributed by atoms with van der Waals surface area (Å²) in [6.07, 6.45) is -1.37. The Labute approximate surface area is 76.9 Å². The van der Waals surface area contributed by atoms with E-state index in [1.807, 2.05) is 0 Å². The minimum atomic E-state index is -2.85. The second-order valence-electron chi connectivity index (χ2n) is 2.32. The van der Waals surface area contributed by atoms with Crippen LogP contribution < -0.4 is 0 Å². The third kappa shape index (κ3) is 2.15. The summed E-state index contributed by atoms with van der Waals surface area (Å²) in [5.74, 6) is -1.88. The van der Waals surface area contributed by atoms with E-state index < -0.39 is 23.6 Å². The van der Waals surface area contributed by atoms with E-state index in [1.165, 1.54) is 6.26 Å². The Morgan fingerprint density at radius 3 is 1.92 bits per heavy atom. The summed E-state index contributed by atoms with van der Waals surface area (Å²) >= 11 is 0.848. The lowest BCUT2D eigenvalue weighted by Crippen LogP contribution is -1.92. The molecule has 0 heterocycles. The molecule has 0 fully saturated rings. The highest BCUT2D eigenvalue weighted by molar-refractivity contribution is 7.98. The molecule has 5 heteroatoms. The van der Waals surface area contributed by atoms with E-state index in [9.17, 15) is 17.6 Å². The molecule has 13 heavy (non-hydrogen) atoms. The van der Waals surface area contributed by atoms with Crippen LogP contribution in [0.2, 0.25) is 0 Å². The standard InChI is InChI=1S/C8H6F4S/c1-13-7-5(9)2-4(8(11)12)3-6(7)10/h2-3,8H,1H3. The number of thioether (sulfide) groups is 1. The topological polar surface area (TPSA) is 0 Å². The lowest BCUT2D eigenvalue weighted by Gasteiger charge is -2.04. The Balaban J connectivity index is 3.20. The van der Waals surface area contributed by atoms with Crippen LogP contribution in [0.15, 0.2) is 17.0 Å². The van der Waals surface area contributed by atoms with Gasteiger partial charge in [-0.25, -0.2) is 17.6 Å². The number of benzene rings is 1. The van der Waals surface area contributed by atoms with Gasteiger partial charge in [0.25, 0.3) is 6.43 Å². The smallest absolute Gasteiger partial charge is 0.206 e. The lowest BCUT2D eigenvalue weighted by molar-refractivity contribution is 0.150. The second-order valence-corrected chi connectivity index (χ2v) is 3.13. The van der Waals surface area contributed by atoms with Crippen LogP contribution >= 0.6 is 11.8 Å². The summed E-state index contributed by atoms with van der Waals surface area (Å²) in [7, 11) is 0. The largest absolute Gasteiger partial charge is 0.264 e. The minimum absolute atomic E-state index is 0.232. The fourth-order valence-electron chi connectivity index (χ4n) is 0.900. The number of hydrogen-bond acceptors (Lipinski definition) is 1. The van der Waals surface area contributed by atoms with E-state index >= 15 is 0 Å². The fourth-order valence-corrected chi connectivity index (χ4v) is 1.41. The monoisotopic (exact) mass is 210 g/mol. The normalized spacial score (nSPS) is 10.9. The molecule has 0 saturated carbocycles. The molecule has 0 nitrogen and oxygen atoms in total. The van der Waals surface area contributed by atoms with Gasteiger partial charge in [0, 0.05) is 5.56 Å². The van der Waals surface area contributed by atoms with Gasteiger partial charge in [-0.1, -0.05) is 0 Å². The van der Waals surface area contributed by atoms with Crippen LogP contribution in [0, 0.1) is 11.6 Å². The predicted molar refractivity (Wildman–Crippen MR) is 43.1 cm³/mol. The van der Waals surface area contributed by atoms with E-state index in [2.05, 4.69) is 0 Å². The summed E-state index contributed by atoms with van der Waals surface area (Å²) < 4.78 is 49.8. The van der Waals surface area contributed by atoms with Crippen molar-refractivity contribution in [2.24, 2.45) is 0 Å². The first-order valence-electron chi connectivity index (χ1n) is 3.37. The molecule has 0 spiro atoms. The molecule has 0 atom stereocenters. The maximum Gasteiger partial charge on any atom is 0.264 e. The first kappa shape index (κ1) is 10.4. The van der Waals surface area contributed by atoms with Crippen LogP contribution in [-0.2, 0) is 0 Å². The highest BCUT2D eigenvalue weighted by atomic mass is 32.2. The zero-order valence-corrected chi connectivity index (χ0v) is 7.47. The van der Waals surface area contributed by atoms with Crippen LogP contribution in [0.25, 0.3) is 0 Å². The van der Waals surface area contributed by atoms with Gasteiger partial charge < -0.3 is 0 Å². The van der Waals surface area contributed by atoms with Gasteiger partial charge in [0.05, 0.1) is 4.90 Å². The van der Waals surface area contributed by atoms with Crippen molar-refractivity contribution in [1.82, 2.24) is 0 Å². The van der Waals surface area contributed by atoms with Crippen LogP contribution in [0.3, 0.4) is 0 Å². The van der Waals surface area contributed by atoms with E-state index in [4.69, 9.17) is 0 Å². The summed E-state index contributed by atoms with van der Waals surface area (Å²) in [5.41, 5.74) is -0.632. The molecule has 0 aromatic heterocycles. The molecule has 0 radical (unpaired) electrons. The first-order valence-corrected chi connectivity index (χ1v) is 4.59. The van der Waals surface area contributed by atoms with Crippen molar-refractivity contribution in [3.63, 3.8) is 0 Å². The highest BCUT2D eigenvalue weighted by Gasteiger charge is 2.15. The zero-order chi connectivity index (χ0) is 10.0. The molecule has 0 amide bonds. The Morgan fingerprint density at radius 1 is 1.15 bits per heavy atom. The first-order chi connectivity index (χ1) is 6.06. The Kier molecular flexibility index (Phi) is 3.19. The second kappa shape index (κ2) is 4.00. The van der Waals surface area contributed by atoms with Gasteiger partial charge in [-0.15, -0.1) is 11.8 Å². The maximum atomic E-state index is 12.9. The molecule has 0 aliphatic heterocycles. The average molecular weight is 210 g/mol. The van der Waals surface area contributed by atoms with Crippen LogP contribution in [0.4, 0.5) is 17.6 Å². The van der Waals surface area contributed by atoms with Crippen molar-refractivity contribution >= 4 is 11.8 Å². The summed E-state index contributed by atoms with van der Waals surface area (Å²) in [6.45, 7) is 0. The van der Waals surface area contributed by atoms with E-state index in [0.29, 0.717) is 12.1 Å². The average Bonchev–Trinajstić information content (AvgIpc) is 2.03. The van der Waals surface area contributed by atoms with Crippen molar-refractivity contribution in [2.45, 2.75) is 11.3 Å². The lowest BCUT2D eigenvalue weighted by atomic mass is 10.2. The molecule has 1 aromatic carbocycles. The van der Waals surface area contributed by atoms with Gasteiger partial charge in [-0.05, 0) is 18.4 Å². The van der Waals surface area contributed by atoms with Gasteiger partial charge in [-0.2, -0.15) is 0 Å². The van der Waals surface area contributed by atoms with Gasteiger partial charge >= 0.3 is 0 Å². The molecular formula is C8H6F4S. The van der Waals surface area contributed by atoms with Crippen molar-refractivity contribution in [2.75, 3.05) is 6.26 Å². The molecule has 0 saturated heterocycles. The molecule has 1 aromatic rings. The number of hydrogen-bond donors (Lipinski definition) is 0. The highest BCUT2D eigenvalue weighted by Crippen LogP contribution is 2.28. The van der Waals surface area contributed by atoms with Crippen molar-refractivity contribution < 1.29 is 17.6 Å². The Bertz CT molecular complexity index is 288. The molecular weight excluding hydrogens is 204 g/mol. The van der Waals surface area contributed by atoms with E-state index in [0.717, 1.165) is 11.8 Å². The van der Waals surface area contributed by atoms with Crippen LogP contribution in [0.1, 0.15) is 12.0 Å². The number of halogens is 4. The predicted octanol–water partition coefficient (Wildman–Crippen LogP) is 3.62. The zero-order valence-electron chi connectivity index (χ0n) is 6.65. The summed E-state index contributed by atoms with van der Waals surface area (Å²) in [6, 6.07) is 1.30. The third-order valence-electron chi connectivity index (χ3n) is 1.48. The molecule has 72 valence electrons. The summed E-state index contributed by atoms with van der Waals surface area (Å²) in [4.78, 5) is -0.232. The fraction of sp³-hybridized carbons (Fsp3) is 0.250. The van der Waals surface area contributed by atoms with Crippen LogP contribution in [-0.4, -0.2) is 6.26 Å². The van der Waals surface area contributed by atoms with Crippen molar-refractivity contribution in [3.8, 4) is 0 Å². The third-order valence-corrected chi connectivity index (χ3v) is 2.27. The van der Waals surface area contributed by atoms with Gasteiger partial charge in [-0.3, -0.25) is 0 Å². The van der Waals surface area contributed by atoms with Crippen molar-refractivity contribution in [1.29, 1.82) is 0 Å². The maximum absolute atomic E-state index is 12.9. The van der Waals surface area contributed by atoms with E-state index in [-0.39, 0.29) is 4.90 Å². The Morgan fingerprint density at radius 2 is 1.62 bits per heavy atom. The quantitative estimate of drug-likeness (QED) is 0.530. The number of alkyl halides is 2. The van der Waals surface area contributed by atoms with Crippen molar-refractivity contribution in [3.05, 3.63) is 29.3 Å². The van der Waals surface area contributed by atoms with Gasteiger partial charge in [0.1, 0.15) is 11.6 Å². The molecule has 0 aliphatic carbocycles. The SMILES string of the molecule is CSc1c(F)cc(C(F)F)cc1F. The molecule has 0 N–H and O–H groups in total. The molecule has 0 unspecified atom stereocenters. The number of rotatable bonds is 2. The Hall–Kier alpha value is -0.710. The van der Waals surface area contributed by atoms with Gasteiger partial charge in [0.2, 0.25) is 0 Å². The van der Waals surface area contributed by atoms with Gasteiger partial charge in [0.15, 0.2) is 0 Å². The molecule has 0 bridgehead atoms. The summed E-state index contributed by atoms with van der Waals surface area (Å²) in [5, 5.41) is 0. The molecule has 1 rings (SSSR count). The van der Waals surface area contributed by atoms with Crippen LogP contribution in [0.5, 0.6) is 0 Å². The van der Waals surface area contributed by atoms with E-state index in [1.54, 1.807) is 0 Å².